The van der Waals surface area contributed by atoms with Gasteiger partial charge in [0.25, 0.3) is 0 Å². The van der Waals surface area contributed by atoms with Crippen molar-refractivity contribution in [2.24, 2.45) is 0 Å². The van der Waals surface area contributed by atoms with E-state index in [0.717, 1.165) is 13.0 Å². The van der Waals surface area contributed by atoms with Gasteiger partial charge in [-0.05, 0) is 32.4 Å². The van der Waals surface area contributed by atoms with Crippen molar-refractivity contribution >= 4 is 17.4 Å². The molecule has 0 spiro atoms. The fraction of sp³-hybridized carbons (Fsp3) is 0.533. The molecule has 19 heavy (non-hydrogen) atoms. The van der Waals surface area contributed by atoms with Crippen LogP contribution in [0.25, 0.3) is 0 Å². The Bertz CT molecular complexity index is 407. The summed E-state index contributed by atoms with van der Waals surface area (Å²) < 4.78 is 0. The summed E-state index contributed by atoms with van der Waals surface area (Å²) in [5.74, 6) is 0.0697. The van der Waals surface area contributed by atoms with Gasteiger partial charge in [0, 0.05) is 37.7 Å². The summed E-state index contributed by atoms with van der Waals surface area (Å²) >= 11 is 6.01. The van der Waals surface area contributed by atoms with Gasteiger partial charge in [-0.15, -0.1) is 0 Å². The summed E-state index contributed by atoms with van der Waals surface area (Å²) in [6.45, 7) is 5.88. The largest absolute Gasteiger partial charge is 0.396 e. The molecule has 0 fully saturated rings. The molecule has 0 heterocycles. The average molecular weight is 284 g/mol. The number of aliphatic hydroxyl groups excluding tert-OH is 1. The fourth-order valence-corrected chi connectivity index (χ4v) is 2.21. The van der Waals surface area contributed by atoms with Crippen molar-refractivity contribution in [3.8, 4) is 0 Å². The van der Waals surface area contributed by atoms with Crippen molar-refractivity contribution in [3.05, 3.63) is 34.9 Å². The first kappa shape index (κ1) is 16.2. The molecule has 1 aromatic carbocycles. The van der Waals surface area contributed by atoms with E-state index < -0.39 is 0 Å². The molecule has 0 saturated carbocycles. The topological polar surface area (TPSA) is 40.5 Å². The summed E-state index contributed by atoms with van der Waals surface area (Å²) in [4.78, 5) is 14.3. The fourth-order valence-electron chi connectivity index (χ4n) is 1.97. The van der Waals surface area contributed by atoms with Crippen LogP contribution < -0.4 is 0 Å². The molecule has 0 bridgehead atoms. The van der Waals surface area contributed by atoms with Gasteiger partial charge in [-0.2, -0.15) is 0 Å². The Morgan fingerprint density at radius 1 is 1.32 bits per heavy atom. The van der Waals surface area contributed by atoms with Crippen molar-refractivity contribution in [1.29, 1.82) is 0 Å². The van der Waals surface area contributed by atoms with Crippen molar-refractivity contribution in [2.75, 3.05) is 19.7 Å². The standard InChI is InChI=1S/C15H22ClNO2/c1-12(2)17(9-5-11-18)10-8-15(19)13-6-3-4-7-14(13)16/h3-4,6-7,12,18H,5,8-11H2,1-2H3. The average Bonchev–Trinajstić information content (AvgIpc) is 2.38. The van der Waals surface area contributed by atoms with Gasteiger partial charge in [0.05, 0.1) is 5.02 Å². The number of benzene rings is 1. The number of Topliss-reactive ketones (excluding diaryl/α,β-unsaturated/α-hetero) is 1. The van der Waals surface area contributed by atoms with Crippen LogP contribution in [0.2, 0.25) is 5.02 Å². The molecule has 0 amide bonds. The normalized spacial score (nSPS) is 11.3. The van der Waals surface area contributed by atoms with E-state index in [0.29, 0.717) is 29.6 Å². The number of ketones is 1. The lowest BCUT2D eigenvalue weighted by Gasteiger charge is -2.25. The second-order valence-electron chi connectivity index (χ2n) is 4.86. The maximum atomic E-state index is 12.1. The van der Waals surface area contributed by atoms with Crippen molar-refractivity contribution in [2.45, 2.75) is 32.7 Å². The number of hydrogen-bond acceptors (Lipinski definition) is 3. The maximum absolute atomic E-state index is 12.1. The van der Waals surface area contributed by atoms with E-state index in [9.17, 15) is 4.79 Å². The number of nitrogens with zero attached hydrogens (tertiary/aromatic N) is 1. The molecule has 1 aromatic rings. The molecule has 0 aliphatic carbocycles. The van der Waals surface area contributed by atoms with E-state index in [1.807, 2.05) is 12.1 Å². The van der Waals surface area contributed by atoms with E-state index in [-0.39, 0.29) is 12.4 Å². The highest BCUT2D eigenvalue weighted by atomic mass is 35.5. The van der Waals surface area contributed by atoms with Crippen LogP contribution in [0.1, 0.15) is 37.0 Å². The van der Waals surface area contributed by atoms with Crippen LogP contribution in [0.15, 0.2) is 24.3 Å². The van der Waals surface area contributed by atoms with Gasteiger partial charge in [0.1, 0.15) is 0 Å². The predicted octanol–water partition coefficient (Wildman–Crippen LogP) is 3.01. The molecular formula is C15H22ClNO2. The minimum atomic E-state index is 0.0697. The molecule has 0 aromatic heterocycles. The summed E-state index contributed by atoms with van der Waals surface area (Å²) in [6, 6.07) is 7.51. The third-order valence-corrected chi connectivity index (χ3v) is 3.46. The summed E-state index contributed by atoms with van der Waals surface area (Å²) in [6.07, 6.45) is 1.19. The molecule has 0 saturated heterocycles. The highest BCUT2D eigenvalue weighted by molar-refractivity contribution is 6.33. The molecule has 0 aliphatic rings. The summed E-state index contributed by atoms with van der Waals surface area (Å²) in [7, 11) is 0. The van der Waals surface area contributed by atoms with E-state index in [1.165, 1.54) is 0 Å². The van der Waals surface area contributed by atoms with Gasteiger partial charge >= 0.3 is 0 Å². The van der Waals surface area contributed by atoms with Gasteiger partial charge in [-0.1, -0.05) is 23.7 Å². The molecule has 1 rings (SSSR count). The molecule has 0 unspecified atom stereocenters. The predicted molar refractivity (Wildman–Crippen MR) is 78.8 cm³/mol. The Hall–Kier alpha value is -0.900. The van der Waals surface area contributed by atoms with Gasteiger partial charge < -0.3 is 10.0 Å². The number of carbonyl (C=O) groups is 1. The Morgan fingerprint density at radius 3 is 2.58 bits per heavy atom. The third-order valence-electron chi connectivity index (χ3n) is 3.13. The molecule has 0 radical (unpaired) electrons. The first-order valence-corrected chi connectivity index (χ1v) is 7.06. The molecular weight excluding hydrogens is 262 g/mol. The molecule has 1 N–H and O–H groups in total. The van der Waals surface area contributed by atoms with Gasteiger partial charge in [-0.3, -0.25) is 4.79 Å². The smallest absolute Gasteiger partial charge is 0.165 e. The van der Waals surface area contributed by atoms with Crippen LogP contribution in [0.5, 0.6) is 0 Å². The SMILES string of the molecule is CC(C)N(CCCO)CCC(=O)c1ccccc1Cl. The quantitative estimate of drug-likeness (QED) is 0.746. The van der Waals surface area contributed by atoms with Crippen LogP contribution in [0.4, 0.5) is 0 Å². The number of hydrogen-bond donors (Lipinski definition) is 1. The van der Waals surface area contributed by atoms with Crippen molar-refractivity contribution in [3.63, 3.8) is 0 Å². The lowest BCUT2D eigenvalue weighted by atomic mass is 10.1. The first-order chi connectivity index (χ1) is 9.06. The highest BCUT2D eigenvalue weighted by Gasteiger charge is 2.14. The molecule has 0 atom stereocenters. The zero-order chi connectivity index (χ0) is 14.3. The van der Waals surface area contributed by atoms with E-state index in [1.54, 1.807) is 12.1 Å². The Morgan fingerprint density at radius 2 is 2.00 bits per heavy atom. The zero-order valence-corrected chi connectivity index (χ0v) is 12.4. The number of halogens is 1. The lowest BCUT2D eigenvalue weighted by Crippen LogP contribution is -2.34. The van der Waals surface area contributed by atoms with Gasteiger partial charge in [0.15, 0.2) is 5.78 Å². The molecule has 0 aliphatic heterocycles. The van der Waals surface area contributed by atoms with E-state index >= 15 is 0 Å². The van der Waals surface area contributed by atoms with Crippen LogP contribution in [0, 0.1) is 0 Å². The first-order valence-electron chi connectivity index (χ1n) is 6.69. The molecule has 4 heteroatoms. The molecule has 106 valence electrons. The van der Waals surface area contributed by atoms with Crippen LogP contribution >= 0.6 is 11.6 Å². The van der Waals surface area contributed by atoms with Crippen molar-refractivity contribution in [1.82, 2.24) is 4.90 Å². The second-order valence-corrected chi connectivity index (χ2v) is 5.27. The van der Waals surface area contributed by atoms with Crippen LogP contribution in [-0.4, -0.2) is 41.5 Å². The summed E-state index contributed by atoms with van der Waals surface area (Å²) in [5, 5.41) is 9.39. The number of aliphatic hydroxyl groups is 1. The minimum Gasteiger partial charge on any atom is -0.396 e. The Labute approximate surface area is 120 Å². The second kappa shape index (κ2) is 8.31. The minimum absolute atomic E-state index is 0.0697. The van der Waals surface area contributed by atoms with Gasteiger partial charge in [0.2, 0.25) is 0 Å². The van der Waals surface area contributed by atoms with Crippen molar-refractivity contribution < 1.29 is 9.90 Å². The highest BCUT2D eigenvalue weighted by Crippen LogP contribution is 2.17. The summed E-state index contributed by atoms with van der Waals surface area (Å²) in [5.41, 5.74) is 0.593. The Balaban J connectivity index is 2.54. The number of rotatable bonds is 8. The van der Waals surface area contributed by atoms with Gasteiger partial charge in [-0.25, -0.2) is 0 Å². The zero-order valence-electron chi connectivity index (χ0n) is 11.6. The lowest BCUT2D eigenvalue weighted by molar-refractivity contribution is 0.0953. The van der Waals surface area contributed by atoms with Crippen LogP contribution in [0.3, 0.4) is 0 Å². The van der Waals surface area contributed by atoms with E-state index in [2.05, 4.69) is 18.7 Å². The monoisotopic (exact) mass is 283 g/mol. The van der Waals surface area contributed by atoms with E-state index in [4.69, 9.17) is 16.7 Å². The maximum Gasteiger partial charge on any atom is 0.165 e. The molecule has 3 nitrogen and oxygen atoms in total. The number of carbonyl (C=O) groups excluding carboxylic acids is 1. The third kappa shape index (κ3) is 5.31. The Kier molecular flexibility index (Phi) is 7.06. The van der Waals surface area contributed by atoms with Crippen LogP contribution in [-0.2, 0) is 0 Å².